The van der Waals surface area contributed by atoms with E-state index in [0.717, 1.165) is 42.7 Å². The van der Waals surface area contributed by atoms with Crippen LogP contribution in [0.4, 0.5) is 0 Å². The zero-order chi connectivity index (χ0) is 13.7. The predicted octanol–water partition coefficient (Wildman–Crippen LogP) is 2.79. The van der Waals surface area contributed by atoms with E-state index in [1.807, 2.05) is 35.4 Å². The van der Waals surface area contributed by atoms with Crippen LogP contribution in [0, 0.1) is 0 Å². The molecule has 1 unspecified atom stereocenters. The maximum Gasteiger partial charge on any atom is 0.254 e. The Balaban J connectivity index is 2.15. The zero-order valence-corrected chi connectivity index (χ0v) is 12.2. The van der Waals surface area contributed by atoms with Crippen LogP contribution < -0.4 is 0 Å². The number of aliphatic hydroxyl groups excluding tert-OH is 1. The fourth-order valence-corrected chi connectivity index (χ4v) is 2.94. The van der Waals surface area contributed by atoms with Crippen molar-refractivity contribution < 1.29 is 9.90 Å². The Bertz CT molecular complexity index is 419. The fraction of sp³-hybridized carbons (Fsp3) is 0.533. The van der Waals surface area contributed by atoms with Crippen LogP contribution in [-0.2, 0) is 0 Å². The highest BCUT2D eigenvalue weighted by atomic mass is 32.2. The smallest absolute Gasteiger partial charge is 0.254 e. The van der Waals surface area contributed by atoms with Gasteiger partial charge in [0.2, 0.25) is 0 Å². The lowest BCUT2D eigenvalue weighted by atomic mass is 10.1. The van der Waals surface area contributed by atoms with Crippen LogP contribution in [0.1, 0.15) is 36.0 Å². The molecule has 0 spiro atoms. The van der Waals surface area contributed by atoms with Gasteiger partial charge >= 0.3 is 0 Å². The molecule has 1 aliphatic heterocycles. The molecular weight excluding hydrogens is 258 g/mol. The van der Waals surface area contributed by atoms with Crippen LogP contribution in [0.2, 0.25) is 0 Å². The summed E-state index contributed by atoms with van der Waals surface area (Å²) in [5, 5.41) is 9.47. The van der Waals surface area contributed by atoms with Crippen LogP contribution in [0.25, 0.3) is 0 Å². The van der Waals surface area contributed by atoms with Crippen LogP contribution in [-0.4, -0.2) is 41.4 Å². The number of carbonyl (C=O) groups is 1. The molecule has 2 rings (SSSR count). The van der Waals surface area contributed by atoms with Crippen LogP contribution in [0.3, 0.4) is 0 Å². The van der Waals surface area contributed by atoms with Gasteiger partial charge in [-0.25, -0.2) is 0 Å². The van der Waals surface area contributed by atoms with E-state index in [0.29, 0.717) is 0 Å². The van der Waals surface area contributed by atoms with Gasteiger partial charge in [0.1, 0.15) is 0 Å². The number of aliphatic hydroxyl groups is 1. The largest absolute Gasteiger partial charge is 0.394 e. The first-order valence-corrected chi connectivity index (χ1v) is 8.04. The minimum Gasteiger partial charge on any atom is -0.394 e. The lowest BCUT2D eigenvalue weighted by Crippen LogP contribution is -2.42. The van der Waals surface area contributed by atoms with Crippen molar-refractivity contribution in [3.63, 3.8) is 0 Å². The Morgan fingerprint density at radius 2 is 2.05 bits per heavy atom. The average Bonchev–Trinajstić information content (AvgIpc) is 2.71. The van der Waals surface area contributed by atoms with Crippen molar-refractivity contribution >= 4 is 17.7 Å². The second kappa shape index (κ2) is 6.96. The van der Waals surface area contributed by atoms with Gasteiger partial charge in [0, 0.05) is 17.0 Å². The SMILES string of the molecule is CSc1ccc(C(=O)N2CCCCCC2CO)cc1. The molecule has 0 aromatic heterocycles. The fourth-order valence-electron chi connectivity index (χ4n) is 2.53. The molecule has 104 valence electrons. The third-order valence-electron chi connectivity index (χ3n) is 3.69. The Morgan fingerprint density at radius 3 is 2.68 bits per heavy atom. The molecule has 1 atom stereocenters. The molecule has 4 heteroatoms. The molecule has 1 fully saturated rings. The summed E-state index contributed by atoms with van der Waals surface area (Å²) in [4.78, 5) is 15.5. The van der Waals surface area contributed by atoms with Gasteiger partial charge in [0.15, 0.2) is 0 Å². The van der Waals surface area contributed by atoms with Crippen LogP contribution in [0.15, 0.2) is 29.2 Å². The summed E-state index contributed by atoms with van der Waals surface area (Å²) in [5.74, 6) is 0.0496. The Hall–Kier alpha value is -1.00. The number of carbonyl (C=O) groups excluding carboxylic acids is 1. The van der Waals surface area contributed by atoms with Gasteiger partial charge in [-0.2, -0.15) is 0 Å². The van der Waals surface area contributed by atoms with Gasteiger partial charge in [-0.3, -0.25) is 4.79 Å². The Labute approximate surface area is 119 Å². The molecule has 3 nitrogen and oxygen atoms in total. The normalized spacial score (nSPS) is 20.1. The van der Waals surface area contributed by atoms with Crippen molar-refractivity contribution in [2.45, 2.75) is 36.6 Å². The maximum atomic E-state index is 12.5. The molecule has 0 bridgehead atoms. The van der Waals surface area contributed by atoms with Gasteiger partial charge in [-0.05, 0) is 43.4 Å². The molecule has 1 aliphatic rings. The van der Waals surface area contributed by atoms with E-state index in [4.69, 9.17) is 0 Å². The lowest BCUT2D eigenvalue weighted by molar-refractivity contribution is 0.0600. The standard InChI is InChI=1S/C15H21NO2S/c1-19-14-8-6-12(7-9-14)15(18)16-10-4-2-3-5-13(16)11-17/h6-9,13,17H,2-5,10-11H2,1H3. The molecular formula is C15H21NO2S. The highest BCUT2D eigenvalue weighted by Crippen LogP contribution is 2.21. The molecule has 19 heavy (non-hydrogen) atoms. The van der Waals surface area contributed by atoms with Crippen LogP contribution in [0.5, 0.6) is 0 Å². The van der Waals surface area contributed by atoms with Gasteiger partial charge in [-0.1, -0.05) is 12.8 Å². The van der Waals surface area contributed by atoms with Gasteiger partial charge < -0.3 is 10.0 Å². The summed E-state index contributed by atoms with van der Waals surface area (Å²) in [6.45, 7) is 0.822. The number of amides is 1. The summed E-state index contributed by atoms with van der Waals surface area (Å²) in [5.41, 5.74) is 0.721. The number of thioether (sulfide) groups is 1. The van der Waals surface area contributed by atoms with Crippen molar-refractivity contribution in [3.8, 4) is 0 Å². The monoisotopic (exact) mass is 279 g/mol. The average molecular weight is 279 g/mol. The summed E-state index contributed by atoms with van der Waals surface area (Å²) in [7, 11) is 0. The van der Waals surface area contributed by atoms with Gasteiger partial charge in [0.25, 0.3) is 5.91 Å². The van der Waals surface area contributed by atoms with Crippen molar-refractivity contribution in [1.29, 1.82) is 0 Å². The second-order valence-electron chi connectivity index (χ2n) is 4.91. The van der Waals surface area contributed by atoms with E-state index in [2.05, 4.69) is 0 Å². The molecule has 1 aromatic carbocycles. The van der Waals surface area contributed by atoms with Crippen molar-refractivity contribution in [2.24, 2.45) is 0 Å². The minimum absolute atomic E-state index is 0.0183. The molecule has 1 heterocycles. The van der Waals surface area contributed by atoms with Gasteiger partial charge in [-0.15, -0.1) is 11.8 Å². The van der Waals surface area contributed by atoms with E-state index in [1.54, 1.807) is 11.8 Å². The van der Waals surface area contributed by atoms with E-state index >= 15 is 0 Å². The first-order valence-electron chi connectivity index (χ1n) is 6.82. The molecule has 1 aromatic rings. The number of rotatable bonds is 3. The molecule has 0 aliphatic carbocycles. The van der Waals surface area contributed by atoms with Crippen molar-refractivity contribution in [2.75, 3.05) is 19.4 Å². The Kier molecular flexibility index (Phi) is 5.28. The maximum absolute atomic E-state index is 12.5. The Morgan fingerprint density at radius 1 is 1.32 bits per heavy atom. The van der Waals surface area contributed by atoms with Crippen molar-refractivity contribution in [3.05, 3.63) is 29.8 Å². The minimum atomic E-state index is -0.0183. The number of likely N-dealkylation sites (tertiary alicyclic amines) is 1. The molecule has 1 saturated heterocycles. The first-order chi connectivity index (χ1) is 9.26. The summed E-state index contributed by atoms with van der Waals surface area (Å²) in [6, 6.07) is 7.70. The van der Waals surface area contributed by atoms with E-state index < -0.39 is 0 Å². The molecule has 0 saturated carbocycles. The first kappa shape index (κ1) is 14.4. The van der Waals surface area contributed by atoms with E-state index in [1.165, 1.54) is 0 Å². The molecule has 0 radical (unpaired) electrons. The highest BCUT2D eigenvalue weighted by Gasteiger charge is 2.25. The predicted molar refractivity (Wildman–Crippen MR) is 78.6 cm³/mol. The summed E-state index contributed by atoms with van der Waals surface area (Å²) in [6.07, 6.45) is 6.20. The summed E-state index contributed by atoms with van der Waals surface area (Å²) < 4.78 is 0. The zero-order valence-electron chi connectivity index (χ0n) is 11.3. The van der Waals surface area contributed by atoms with E-state index in [9.17, 15) is 9.90 Å². The number of hydrogen-bond donors (Lipinski definition) is 1. The molecule has 1 N–H and O–H groups in total. The second-order valence-corrected chi connectivity index (χ2v) is 5.79. The summed E-state index contributed by atoms with van der Waals surface area (Å²) >= 11 is 1.67. The number of hydrogen-bond acceptors (Lipinski definition) is 3. The van der Waals surface area contributed by atoms with E-state index in [-0.39, 0.29) is 18.6 Å². The number of nitrogens with zero attached hydrogens (tertiary/aromatic N) is 1. The number of benzene rings is 1. The third-order valence-corrected chi connectivity index (χ3v) is 4.43. The quantitative estimate of drug-likeness (QED) is 0.865. The highest BCUT2D eigenvalue weighted by molar-refractivity contribution is 7.98. The van der Waals surface area contributed by atoms with Gasteiger partial charge in [0.05, 0.1) is 12.6 Å². The topological polar surface area (TPSA) is 40.5 Å². The lowest BCUT2D eigenvalue weighted by Gasteiger charge is -2.28. The third kappa shape index (κ3) is 3.51. The van der Waals surface area contributed by atoms with Crippen molar-refractivity contribution in [1.82, 2.24) is 4.90 Å². The van der Waals surface area contributed by atoms with Crippen LogP contribution >= 0.6 is 11.8 Å². The molecule has 1 amide bonds.